The summed E-state index contributed by atoms with van der Waals surface area (Å²) >= 11 is 1.59. The summed E-state index contributed by atoms with van der Waals surface area (Å²) in [4.78, 5) is 44.4. The number of nitrogens with two attached hydrogens (primary N) is 1. The minimum Gasteiger partial charge on any atom is -0.507 e. The summed E-state index contributed by atoms with van der Waals surface area (Å²) in [5, 5.41) is 37.0. The molecule has 4 saturated carbocycles. The lowest BCUT2D eigenvalue weighted by molar-refractivity contribution is -0.320. The molecule has 0 spiro atoms. The van der Waals surface area contributed by atoms with E-state index in [0.717, 1.165) is 78.3 Å². The lowest BCUT2D eigenvalue weighted by atomic mass is 9.25. The van der Waals surface area contributed by atoms with Crippen LogP contribution in [0.3, 0.4) is 0 Å². The molecular weight excluding hydrogens is 1030 g/mol. The van der Waals surface area contributed by atoms with Crippen molar-refractivity contribution in [1.82, 2.24) is 35.5 Å². The van der Waals surface area contributed by atoms with Crippen LogP contribution in [0.15, 0.2) is 89.0 Å². The largest absolute Gasteiger partial charge is 0.507 e. The second kappa shape index (κ2) is 21.3. The predicted molar refractivity (Wildman–Crippen MR) is 303 cm³/mol. The van der Waals surface area contributed by atoms with Crippen molar-refractivity contribution in [3.63, 3.8) is 0 Å². The van der Waals surface area contributed by atoms with Gasteiger partial charge in [0.25, 0.3) is 5.88 Å². The van der Waals surface area contributed by atoms with Crippen LogP contribution in [0, 0.1) is 47.3 Å². The van der Waals surface area contributed by atoms with Crippen LogP contribution in [-0.4, -0.2) is 122 Å². The van der Waals surface area contributed by atoms with Crippen LogP contribution < -0.4 is 30.3 Å². The van der Waals surface area contributed by atoms with Gasteiger partial charge < -0.3 is 54.7 Å². The lowest BCUT2D eigenvalue weighted by Crippen LogP contribution is -2.77. The molecule has 5 N–H and O–H groups in total. The Balaban J connectivity index is 0.589. The number of likely N-dealkylation sites (tertiary alicyclic amines) is 1. The number of carbonyl (C=O) groups excluding carboxylic acids is 2. The fourth-order valence-corrected chi connectivity index (χ4v) is 14.7. The first kappa shape index (κ1) is 53.4. The second-order valence-electron chi connectivity index (χ2n) is 23.5. The van der Waals surface area contributed by atoms with E-state index in [9.17, 15) is 19.8 Å². The molecule has 6 aromatic rings. The van der Waals surface area contributed by atoms with Crippen LogP contribution in [0.5, 0.6) is 17.5 Å². The molecule has 4 bridgehead atoms. The monoisotopic (exact) mass is 1100 g/mol. The molecular formula is C61H70N10O8S. The summed E-state index contributed by atoms with van der Waals surface area (Å²) in [5.41, 5.74) is 14.4. The van der Waals surface area contributed by atoms with Crippen LogP contribution in [0.4, 0.5) is 17.2 Å². The number of carbonyl (C=O) groups is 2. The van der Waals surface area contributed by atoms with Crippen molar-refractivity contribution >= 4 is 40.3 Å². The summed E-state index contributed by atoms with van der Waals surface area (Å²) in [7, 11) is 0. The van der Waals surface area contributed by atoms with E-state index < -0.39 is 18.1 Å². The van der Waals surface area contributed by atoms with Gasteiger partial charge in [0.15, 0.2) is 18.2 Å². The van der Waals surface area contributed by atoms with Gasteiger partial charge in [0.1, 0.15) is 23.8 Å². The normalized spacial score (nSPS) is 28.0. The van der Waals surface area contributed by atoms with E-state index in [1.165, 1.54) is 4.90 Å². The van der Waals surface area contributed by atoms with E-state index in [-0.39, 0.29) is 90.1 Å². The first-order chi connectivity index (χ1) is 38.6. The summed E-state index contributed by atoms with van der Waals surface area (Å²) in [5.74, 6) is 7.75. The van der Waals surface area contributed by atoms with E-state index >= 15 is 0 Å². The molecule has 7 heterocycles. The maximum atomic E-state index is 14.3. The number of aromatic hydroxyl groups is 1. The van der Waals surface area contributed by atoms with Gasteiger partial charge in [0.05, 0.1) is 52.3 Å². The van der Waals surface area contributed by atoms with Gasteiger partial charge in [-0.25, -0.2) is 9.97 Å². The fraction of sp³-hybridized carbons (Fsp3) is 0.492. The summed E-state index contributed by atoms with van der Waals surface area (Å²) in [6, 6.07) is 22.3. The quantitative estimate of drug-likeness (QED) is 0.0629. The number of ether oxygens (including phenoxy) is 3. The molecule has 7 fully saturated rings. The molecule has 0 radical (unpaired) electrons. The Kier molecular flexibility index (Phi) is 14.2. The zero-order valence-corrected chi connectivity index (χ0v) is 46.9. The van der Waals surface area contributed by atoms with Crippen LogP contribution >= 0.6 is 11.3 Å². The predicted octanol–water partition coefficient (Wildman–Crippen LogP) is 8.35. The Morgan fingerprint density at radius 3 is 2.41 bits per heavy atom. The third-order valence-corrected chi connectivity index (χ3v) is 19.6. The number of nitrogens with one attached hydrogen (secondary N) is 1. The minimum absolute atomic E-state index is 0.0409. The van der Waals surface area contributed by atoms with Crippen LogP contribution in [-0.2, 0) is 14.3 Å². The number of aliphatic hydroxyl groups excluding tert-OH is 1. The molecule has 13 rings (SSSR count). The molecule has 2 aromatic carbocycles. The van der Waals surface area contributed by atoms with Crippen molar-refractivity contribution in [2.24, 2.45) is 28.6 Å². The molecule has 4 aliphatic carbocycles. The Labute approximate surface area is 470 Å². The van der Waals surface area contributed by atoms with E-state index in [1.54, 1.807) is 29.5 Å². The van der Waals surface area contributed by atoms with Gasteiger partial charge in [0.2, 0.25) is 17.7 Å². The zero-order valence-electron chi connectivity index (χ0n) is 46.1. The number of piperazine rings is 1. The SMILES string of the molecule is Cc1ncsc1-c1ccc([C@H](C)NC(=O)[C@@H]2C[C@@H](O)CN2C(=O)[C@@H](c2cc(OCC#CC34CC(CO[C@H]5C[C@H](Oc6cc(N7C8CCC7CN(c7cc(-c9ccccc9O)nnc7N)C8)ccn6)C5)([C@@H]3C)[C@@H]4C)no2)C(C)C)cc1. The van der Waals surface area contributed by atoms with Gasteiger partial charge in [-0.3, -0.25) is 9.59 Å². The van der Waals surface area contributed by atoms with E-state index in [2.05, 4.69) is 78.3 Å². The van der Waals surface area contributed by atoms with Crippen LogP contribution in [0.25, 0.3) is 21.7 Å². The Hall–Kier alpha value is -7.27. The van der Waals surface area contributed by atoms with Gasteiger partial charge in [0, 0.05) is 91.4 Å². The lowest BCUT2D eigenvalue weighted by Gasteiger charge is -2.78. The highest BCUT2D eigenvalue weighted by Gasteiger charge is 2.78. The topological polar surface area (TPSA) is 228 Å². The standard InChI is InChI=1S/C61H70N10O8S/c1-34(2)55(59(75)70-30-44(72)23-50(70)58(74)65-35(3)39-12-14-40(15-13-39)56-36(4)64-33-80-56)52-27-54(68-79-52)76-21-9-19-60-31-61(37(60)5,38(60)6)32-77-45-24-46(25-45)78-53-22-41(18-20-63-53)71-42-16-17-43(71)29-69(28-42)49-26-48(66-67-57(49)62)47-10-7-8-11-51(47)73/h7-8,10-15,18,20,22,26-27,33-35,37-38,42-46,50,55,72-73H,16-17,21,23-25,28-32H2,1-6H3,(H2,62,67)(H,65,74)/t35-,37+,38+,42?,43?,44+,45-,46-,50-,55+,60?,61?/m0/s1. The van der Waals surface area contributed by atoms with Crippen LogP contribution in [0.1, 0.15) is 102 Å². The molecule has 80 heavy (non-hydrogen) atoms. The highest BCUT2D eigenvalue weighted by Crippen LogP contribution is 2.80. The molecule has 8 atom stereocenters. The maximum Gasteiger partial charge on any atom is 0.255 e. The van der Waals surface area contributed by atoms with Gasteiger partial charge in [-0.1, -0.05) is 75.9 Å². The van der Waals surface area contributed by atoms with Crippen molar-refractivity contribution in [1.29, 1.82) is 0 Å². The average Bonchev–Trinajstić information content (AvgIpc) is 3.35. The molecule has 2 amide bonds. The van der Waals surface area contributed by atoms with E-state index in [0.29, 0.717) is 47.2 Å². The molecule has 19 heteroatoms. The number of thiazole rings is 1. The number of rotatable bonds is 17. The molecule has 3 saturated heterocycles. The number of pyridine rings is 1. The molecule has 7 aliphatic rings. The Morgan fingerprint density at radius 1 is 0.938 bits per heavy atom. The molecule has 2 unspecified atom stereocenters. The van der Waals surface area contributed by atoms with Crippen molar-refractivity contribution in [2.45, 2.75) is 128 Å². The number of anilines is 3. The second-order valence-corrected chi connectivity index (χ2v) is 24.4. The average molecular weight is 1100 g/mol. The number of aliphatic hydroxyl groups is 1. The Bertz CT molecular complexity index is 3310. The number of nitrogen functional groups attached to an aromatic ring is 1. The highest BCUT2D eigenvalue weighted by molar-refractivity contribution is 7.13. The number of fused-ring (bicyclic) bond motifs is 2. The van der Waals surface area contributed by atoms with E-state index in [1.807, 2.05) is 81.9 Å². The van der Waals surface area contributed by atoms with Gasteiger partial charge in [-0.2, -0.15) is 0 Å². The number of hydrogen-bond donors (Lipinski definition) is 4. The molecule has 4 aromatic heterocycles. The maximum absolute atomic E-state index is 14.3. The van der Waals surface area contributed by atoms with Gasteiger partial charge in [-0.15, -0.1) is 21.5 Å². The van der Waals surface area contributed by atoms with Crippen molar-refractivity contribution in [2.75, 3.05) is 48.4 Å². The number of amides is 2. The van der Waals surface area contributed by atoms with Crippen LogP contribution in [0.2, 0.25) is 0 Å². The number of phenols is 1. The molecule has 18 nitrogen and oxygen atoms in total. The third-order valence-electron chi connectivity index (χ3n) is 18.6. The molecule has 3 aliphatic heterocycles. The van der Waals surface area contributed by atoms with Gasteiger partial charge >= 0.3 is 0 Å². The summed E-state index contributed by atoms with van der Waals surface area (Å²) in [6.45, 7) is 14.7. The third kappa shape index (κ3) is 9.66. The molecule has 418 valence electrons. The first-order valence-electron chi connectivity index (χ1n) is 28.2. The number of aromatic nitrogens is 5. The number of phenolic OH excluding ortho intramolecular Hbond substituents is 1. The number of aryl methyl sites for hydroxylation is 1. The van der Waals surface area contributed by atoms with Gasteiger partial charge in [-0.05, 0) is 91.4 Å². The van der Waals surface area contributed by atoms with Crippen molar-refractivity contribution in [3.8, 4) is 51.0 Å². The highest BCUT2D eigenvalue weighted by atomic mass is 32.1. The van der Waals surface area contributed by atoms with Crippen molar-refractivity contribution < 1.29 is 38.5 Å². The fourth-order valence-electron chi connectivity index (χ4n) is 13.9. The zero-order chi connectivity index (χ0) is 55.6. The Morgan fingerprint density at radius 2 is 1.70 bits per heavy atom. The summed E-state index contributed by atoms with van der Waals surface area (Å²) < 4.78 is 24.7. The number of hydrogen-bond acceptors (Lipinski definition) is 17. The van der Waals surface area contributed by atoms with E-state index in [4.69, 9.17) is 24.5 Å². The first-order valence-corrected chi connectivity index (χ1v) is 29.0. The number of para-hydroxylation sites is 1. The van der Waals surface area contributed by atoms with Crippen molar-refractivity contribution in [3.05, 3.63) is 102 Å². The smallest absolute Gasteiger partial charge is 0.255 e. The summed E-state index contributed by atoms with van der Waals surface area (Å²) in [6.07, 6.45) is 6.08. The number of nitrogens with zero attached hydrogens (tertiary/aromatic N) is 8. The number of β-amino-alcohol motifs (C(OH)–C–C–N with tert-alkyl or cyclic N) is 1. The minimum atomic E-state index is -0.843. The number of benzene rings is 2.